The summed E-state index contributed by atoms with van der Waals surface area (Å²) in [7, 11) is -2.95. The molecule has 1 heterocycles. The molecule has 2 rings (SSSR count). The molecular formula is C13H24N4O3S. The number of hydrogen-bond acceptors (Lipinski definition) is 4. The van der Waals surface area contributed by atoms with Crippen molar-refractivity contribution >= 4 is 21.7 Å². The zero-order valence-electron chi connectivity index (χ0n) is 12.4. The molecule has 1 unspecified atom stereocenters. The lowest BCUT2D eigenvalue weighted by atomic mass is 10.2. The average molecular weight is 316 g/mol. The van der Waals surface area contributed by atoms with Crippen LogP contribution in [0.4, 0.5) is 0 Å². The highest BCUT2D eigenvalue weighted by molar-refractivity contribution is 7.91. The topological polar surface area (TPSA) is 99.7 Å². The molecule has 0 spiro atoms. The van der Waals surface area contributed by atoms with E-state index < -0.39 is 9.84 Å². The minimum absolute atomic E-state index is 0.0634. The van der Waals surface area contributed by atoms with Gasteiger partial charge in [-0.1, -0.05) is 0 Å². The van der Waals surface area contributed by atoms with E-state index in [-0.39, 0.29) is 29.9 Å². The monoisotopic (exact) mass is 316 g/mol. The number of carbonyl (C=O) groups excluding carboxylic acids is 1. The van der Waals surface area contributed by atoms with Gasteiger partial charge in [0.15, 0.2) is 15.8 Å². The maximum absolute atomic E-state index is 11.8. The maximum atomic E-state index is 11.8. The predicted molar refractivity (Wildman–Crippen MR) is 82.0 cm³/mol. The molecule has 0 aromatic rings. The quantitative estimate of drug-likeness (QED) is 0.449. The fourth-order valence-electron chi connectivity index (χ4n) is 2.22. The summed E-state index contributed by atoms with van der Waals surface area (Å²) in [6, 6.07) is 0.282. The van der Waals surface area contributed by atoms with Gasteiger partial charge in [-0.05, 0) is 26.2 Å². The number of carbonyl (C=O) groups is 1. The molecule has 0 aromatic heterocycles. The van der Waals surface area contributed by atoms with Crippen molar-refractivity contribution in [3.8, 4) is 0 Å². The van der Waals surface area contributed by atoms with Crippen LogP contribution in [0.1, 0.15) is 32.6 Å². The van der Waals surface area contributed by atoms with Crippen molar-refractivity contribution in [2.75, 3.05) is 24.6 Å². The number of hydrogen-bond donors (Lipinski definition) is 3. The summed E-state index contributed by atoms with van der Waals surface area (Å²) >= 11 is 0. The third-order valence-electron chi connectivity index (χ3n) is 3.47. The molecule has 7 nitrogen and oxygen atoms in total. The van der Waals surface area contributed by atoms with E-state index in [1.54, 1.807) is 0 Å². The Kier molecular flexibility index (Phi) is 5.44. The van der Waals surface area contributed by atoms with Gasteiger partial charge in [0.05, 0.1) is 18.1 Å². The molecule has 1 saturated carbocycles. The molecular weight excluding hydrogens is 292 g/mol. The molecule has 8 heteroatoms. The molecule has 0 bridgehead atoms. The lowest BCUT2D eigenvalue weighted by Crippen LogP contribution is -2.39. The Balaban J connectivity index is 1.69. The van der Waals surface area contributed by atoms with Crippen LogP contribution >= 0.6 is 0 Å². The Morgan fingerprint density at radius 1 is 1.19 bits per heavy atom. The van der Waals surface area contributed by atoms with Gasteiger partial charge in [0, 0.05) is 25.0 Å². The lowest BCUT2D eigenvalue weighted by molar-refractivity contribution is -0.121. The molecule has 1 saturated heterocycles. The summed E-state index contributed by atoms with van der Waals surface area (Å²) in [6.07, 6.45) is 3.13. The fourth-order valence-corrected chi connectivity index (χ4v) is 3.89. The Labute approximate surface area is 125 Å². The summed E-state index contributed by atoms with van der Waals surface area (Å²) in [5.41, 5.74) is 0. The Morgan fingerprint density at radius 3 is 2.52 bits per heavy atom. The first-order valence-corrected chi connectivity index (χ1v) is 9.35. The van der Waals surface area contributed by atoms with Crippen LogP contribution in [0.2, 0.25) is 0 Å². The van der Waals surface area contributed by atoms with Crippen molar-refractivity contribution in [3.63, 3.8) is 0 Å². The lowest BCUT2D eigenvalue weighted by Gasteiger charge is -2.11. The highest BCUT2D eigenvalue weighted by Crippen LogP contribution is 2.18. The van der Waals surface area contributed by atoms with Crippen LogP contribution in [0.3, 0.4) is 0 Å². The number of amides is 1. The second-order valence-corrected chi connectivity index (χ2v) is 7.83. The molecule has 21 heavy (non-hydrogen) atoms. The summed E-state index contributed by atoms with van der Waals surface area (Å²) in [5, 5.41) is 9.18. The fraction of sp³-hybridized carbons (Fsp3) is 0.846. The van der Waals surface area contributed by atoms with Crippen molar-refractivity contribution in [3.05, 3.63) is 0 Å². The summed E-state index contributed by atoms with van der Waals surface area (Å²) in [5.74, 6) is 0.846. The maximum Gasteiger partial charge on any atom is 0.222 e. The molecule has 0 radical (unpaired) electrons. The molecule has 1 aliphatic carbocycles. The van der Waals surface area contributed by atoms with E-state index in [9.17, 15) is 13.2 Å². The Bertz CT molecular complexity index is 500. The van der Waals surface area contributed by atoms with E-state index in [1.807, 2.05) is 6.92 Å². The van der Waals surface area contributed by atoms with Gasteiger partial charge in [0.2, 0.25) is 5.91 Å². The van der Waals surface area contributed by atoms with E-state index in [1.165, 1.54) is 12.8 Å². The predicted octanol–water partition coefficient (Wildman–Crippen LogP) is -0.603. The van der Waals surface area contributed by atoms with E-state index >= 15 is 0 Å². The van der Waals surface area contributed by atoms with E-state index in [0.717, 1.165) is 12.5 Å². The number of aliphatic imine (C=N–C) groups is 1. The van der Waals surface area contributed by atoms with Gasteiger partial charge < -0.3 is 16.0 Å². The van der Waals surface area contributed by atoms with Gasteiger partial charge in [-0.2, -0.15) is 0 Å². The standard InChI is InChI=1S/C13H24N4O3S/c1-2-14-13(17-10-3-4-10)15-7-5-12(18)16-11-6-8-21(19,20)9-11/h10-11H,2-9H2,1H3,(H,16,18)(H2,14,15,17). The number of sulfone groups is 1. The van der Waals surface area contributed by atoms with Crippen molar-refractivity contribution < 1.29 is 13.2 Å². The van der Waals surface area contributed by atoms with Gasteiger partial charge in [-0.25, -0.2) is 8.42 Å². The first-order chi connectivity index (χ1) is 9.98. The molecule has 120 valence electrons. The van der Waals surface area contributed by atoms with Crippen LogP contribution in [-0.2, 0) is 14.6 Å². The van der Waals surface area contributed by atoms with E-state index in [2.05, 4.69) is 20.9 Å². The molecule has 1 atom stereocenters. The molecule has 3 N–H and O–H groups in total. The third-order valence-corrected chi connectivity index (χ3v) is 5.24. The number of nitrogens with zero attached hydrogens (tertiary/aromatic N) is 1. The van der Waals surface area contributed by atoms with Crippen LogP contribution in [0, 0.1) is 0 Å². The van der Waals surface area contributed by atoms with Crippen molar-refractivity contribution in [1.82, 2.24) is 16.0 Å². The highest BCUT2D eigenvalue weighted by Gasteiger charge is 2.28. The first-order valence-electron chi connectivity index (χ1n) is 7.53. The van der Waals surface area contributed by atoms with Gasteiger partial charge in [0.1, 0.15) is 0 Å². The second-order valence-electron chi connectivity index (χ2n) is 5.60. The summed E-state index contributed by atoms with van der Waals surface area (Å²) in [4.78, 5) is 16.1. The minimum Gasteiger partial charge on any atom is -0.357 e. The van der Waals surface area contributed by atoms with Crippen molar-refractivity contribution in [2.45, 2.75) is 44.7 Å². The summed E-state index contributed by atoms with van der Waals surface area (Å²) in [6.45, 7) is 3.18. The zero-order valence-corrected chi connectivity index (χ0v) is 13.2. The Hall–Kier alpha value is -1.31. The van der Waals surface area contributed by atoms with Crippen LogP contribution in [-0.4, -0.2) is 57.0 Å². The highest BCUT2D eigenvalue weighted by atomic mass is 32.2. The van der Waals surface area contributed by atoms with Crippen LogP contribution in [0.25, 0.3) is 0 Å². The molecule has 1 amide bonds. The molecule has 2 fully saturated rings. The molecule has 2 aliphatic rings. The normalized spacial score (nSPS) is 24.6. The average Bonchev–Trinajstić information content (AvgIpc) is 3.14. The van der Waals surface area contributed by atoms with E-state index in [0.29, 0.717) is 19.0 Å². The third kappa shape index (κ3) is 5.91. The minimum atomic E-state index is -2.95. The molecule has 0 aromatic carbocycles. The smallest absolute Gasteiger partial charge is 0.222 e. The SMILES string of the molecule is CCNC(=NCCC(=O)NC1CCS(=O)(=O)C1)NC1CC1. The zero-order chi connectivity index (χ0) is 15.3. The number of guanidine groups is 1. The first kappa shape index (κ1) is 16.1. The van der Waals surface area contributed by atoms with Gasteiger partial charge in [-0.3, -0.25) is 9.79 Å². The van der Waals surface area contributed by atoms with Crippen LogP contribution < -0.4 is 16.0 Å². The van der Waals surface area contributed by atoms with Gasteiger partial charge in [0.25, 0.3) is 0 Å². The van der Waals surface area contributed by atoms with Crippen molar-refractivity contribution in [1.29, 1.82) is 0 Å². The molecule has 1 aliphatic heterocycles. The van der Waals surface area contributed by atoms with Crippen LogP contribution in [0.5, 0.6) is 0 Å². The summed E-state index contributed by atoms with van der Waals surface area (Å²) < 4.78 is 22.6. The number of rotatable bonds is 6. The largest absolute Gasteiger partial charge is 0.357 e. The Morgan fingerprint density at radius 2 is 1.95 bits per heavy atom. The van der Waals surface area contributed by atoms with Gasteiger partial charge >= 0.3 is 0 Å². The second kappa shape index (κ2) is 7.11. The van der Waals surface area contributed by atoms with E-state index in [4.69, 9.17) is 0 Å². The number of nitrogens with one attached hydrogen (secondary N) is 3. The van der Waals surface area contributed by atoms with Crippen LogP contribution in [0.15, 0.2) is 4.99 Å². The van der Waals surface area contributed by atoms with Gasteiger partial charge in [-0.15, -0.1) is 0 Å². The van der Waals surface area contributed by atoms with Crippen molar-refractivity contribution in [2.24, 2.45) is 4.99 Å².